The summed E-state index contributed by atoms with van der Waals surface area (Å²) in [7, 11) is 1.67. The normalized spacial score (nSPS) is 22.1. The van der Waals surface area contributed by atoms with Gasteiger partial charge in [0.25, 0.3) is 0 Å². The molecule has 1 unspecified atom stereocenters. The fourth-order valence-corrected chi connectivity index (χ4v) is 1.20. The van der Waals surface area contributed by atoms with E-state index >= 15 is 0 Å². The van der Waals surface area contributed by atoms with Crippen LogP contribution in [0.1, 0.15) is 12.8 Å². The number of rotatable bonds is 1. The number of hydrogen-bond acceptors (Lipinski definition) is 3. The fraction of sp³-hybridized carbons (Fsp3) is 0.571. The standard InChI is InChI=1S/C7H11N3O2S/c1-8-7(13)9-4-2-3-5(11)10-6(4)12/h4H,2-3H2,1H3,(H2,8,9,13)(H,10,11,12). The summed E-state index contributed by atoms with van der Waals surface area (Å²) in [4.78, 5) is 21.9. The van der Waals surface area contributed by atoms with Crippen LogP contribution in [0.3, 0.4) is 0 Å². The van der Waals surface area contributed by atoms with E-state index in [1.165, 1.54) is 0 Å². The van der Waals surface area contributed by atoms with Crippen LogP contribution in [-0.2, 0) is 9.59 Å². The number of hydrogen-bond donors (Lipinski definition) is 3. The van der Waals surface area contributed by atoms with E-state index in [-0.39, 0.29) is 11.8 Å². The van der Waals surface area contributed by atoms with Crippen molar-refractivity contribution in [1.29, 1.82) is 0 Å². The molecule has 1 aliphatic rings. The average molecular weight is 201 g/mol. The van der Waals surface area contributed by atoms with Gasteiger partial charge in [0.05, 0.1) is 0 Å². The number of amides is 2. The van der Waals surface area contributed by atoms with Crippen LogP contribution >= 0.6 is 12.2 Å². The molecule has 1 saturated heterocycles. The Balaban J connectivity index is 2.47. The van der Waals surface area contributed by atoms with Crippen LogP contribution in [0.15, 0.2) is 0 Å². The first-order valence-corrected chi connectivity index (χ1v) is 4.36. The molecule has 0 saturated carbocycles. The van der Waals surface area contributed by atoms with E-state index in [0.29, 0.717) is 18.0 Å². The maximum Gasteiger partial charge on any atom is 0.249 e. The minimum atomic E-state index is -0.391. The molecule has 5 nitrogen and oxygen atoms in total. The number of carbonyl (C=O) groups is 2. The quantitative estimate of drug-likeness (QED) is 0.370. The van der Waals surface area contributed by atoms with E-state index in [4.69, 9.17) is 12.2 Å². The van der Waals surface area contributed by atoms with Crippen molar-refractivity contribution in [3.8, 4) is 0 Å². The molecule has 0 aromatic heterocycles. The van der Waals surface area contributed by atoms with Crippen LogP contribution in [0.5, 0.6) is 0 Å². The zero-order valence-corrected chi connectivity index (χ0v) is 8.03. The molecule has 0 radical (unpaired) electrons. The fourth-order valence-electron chi connectivity index (χ4n) is 1.06. The summed E-state index contributed by atoms with van der Waals surface area (Å²) in [5.74, 6) is -0.535. The number of carbonyl (C=O) groups excluding carboxylic acids is 2. The molecule has 0 spiro atoms. The Morgan fingerprint density at radius 1 is 1.62 bits per heavy atom. The summed E-state index contributed by atoms with van der Waals surface area (Å²) in [6.45, 7) is 0. The van der Waals surface area contributed by atoms with E-state index in [0.717, 1.165) is 0 Å². The van der Waals surface area contributed by atoms with Gasteiger partial charge >= 0.3 is 0 Å². The molecule has 0 aliphatic carbocycles. The topological polar surface area (TPSA) is 70.2 Å². The van der Waals surface area contributed by atoms with Gasteiger partial charge in [0.1, 0.15) is 6.04 Å². The Morgan fingerprint density at radius 3 is 2.85 bits per heavy atom. The lowest BCUT2D eigenvalue weighted by molar-refractivity contribution is -0.134. The van der Waals surface area contributed by atoms with Crippen molar-refractivity contribution in [2.75, 3.05) is 7.05 Å². The highest BCUT2D eigenvalue weighted by Crippen LogP contribution is 2.03. The third kappa shape index (κ3) is 2.66. The molecule has 13 heavy (non-hydrogen) atoms. The second-order valence-electron chi connectivity index (χ2n) is 2.73. The molecular formula is C7H11N3O2S. The van der Waals surface area contributed by atoms with E-state index in [1.54, 1.807) is 7.05 Å². The van der Waals surface area contributed by atoms with Gasteiger partial charge in [0, 0.05) is 13.5 Å². The molecular weight excluding hydrogens is 190 g/mol. The monoisotopic (exact) mass is 201 g/mol. The highest BCUT2D eigenvalue weighted by Gasteiger charge is 2.26. The molecule has 1 heterocycles. The molecule has 1 fully saturated rings. The van der Waals surface area contributed by atoms with Crippen LogP contribution in [0.4, 0.5) is 0 Å². The minimum absolute atomic E-state index is 0.224. The molecule has 6 heteroatoms. The van der Waals surface area contributed by atoms with Crippen molar-refractivity contribution < 1.29 is 9.59 Å². The first kappa shape index (κ1) is 9.91. The van der Waals surface area contributed by atoms with Crippen LogP contribution in [0, 0.1) is 0 Å². The van der Waals surface area contributed by atoms with E-state index in [2.05, 4.69) is 16.0 Å². The lowest BCUT2D eigenvalue weighted by atomic mass is 10.1. The summed E-state index contributed by atoms with van der Waals surface area (Å²) in [6.07, 6.45) is 0.849. The van der Waals surface area contributed by atoms with Crippen molar-refractivity contribution >= 4 is 29.1 Å². The minimum Gasteiger partial charge on any atom is -0.366 e. The Morgan fingerprint density at radius 2 is 2.31 bits per heavy atom. The zero-order chi connectivity index (χ0) is 9.84. The van der Waals surface area contributed by atoms with Gasteiger partial charge in [0.15, 0.2) is 5.11 Å². The van der Waals surface area contributed by atoms with Gasteiger partial charge in [0.2, 0.25) is 11.8 Å². The van der Waals surface area contributed by atoms with Gasteiger partial charge in [-0.25, -0.2) is 0 Å². The molecule has 1 aliphatic heterocycles. The van der Waals surface area contributed by atoms with Gasteiger partial charge in [-0.1, -0.05) is 0 Å². The molecule has 0 bridgehead atoms. The molecule has 1 atom stereocenters. The Hall–Kier alpha value is -1.17. The SMILES string of the molecule is CNC(=S)NC1CCC(=O)NC1=O. The summed E-state index contributed by atoms with van der Waals surface area (Å²) >= 11 is 4.83. The van der Waals surface area contributed by atoms with Crippen LogP contribution < -0.4 is 16.0 Å². The van der Waals surface area contributed by atoms with Crippen molar-refractivity contribution in [2.24, 2.45) is 0 Å². The molecule has 72 valence electrons. The number of imide groups is 1. The largest absolute Gasteiger partial charge is 0.366 e. The predicted octanol–water partition coefficient (Wildman–Crippen LogP) is -1.11. The Labute approximate surface area is 81.3 Å². The number of thiocarbonyl (C=S) groups is 1. The molecule has 1 rings (SSSR count). The molecule has 2 amide bonds. The Bertz CT molecular complexity index is 254. The smallest absolute Gasteiger partial charge is 0.249 e. The van der Waals surface area contributed by atoms with Gasteiger partial charge in [-0.15, -0.1) is 0 Å². The average Bonchev–Trinajstić information content (AvgIpc) is 2.09. The van der Waals surface area contributed by atoms with E-state index in [1.807, 2.05) is 0 Å². The predicted molar refractivity (Wildman–Crippen MR) is 51.0 cm³/mol. The number of nitrogens with one attached hydrogen (secondary N) is 3. The summed E-state index contributed by atoms with van der Waals surface area (Å²) < 4.78 is 0. The molecule has 0 aromatic carbocycles. The Kier molecular flexibility index (Phi) is 3.18. The van der Waals surface area contributed by atoms with Crippen LogP contribution in [0.25, 0.3) is 0 Å². The highest BCUT2D eigenvalue weighted by atomic mass is 32.1. The second-order valence-corrected chi connectivity index (χ2v) is 3.14. The summed E-state index contributed by atoms with van der Waals surface area (Å²) in [6, 6.07) is -0.391. The van der Waals surface area contributed by atoms with Gasteiger partial charge in [-0.05, 0) is 18.6 Å². The van der Waals surface area contributed by atoms with Gasteiger partial charge in [-0.2, -0.15) is 0 Å². The third-order valence-corrected chi connectivity index (χ3v) is 2.09. The lowest BCUT2D eigenvalue weighted by Crippen LogP contribution is -2.53. The second kappa shape index (κ2) is 4.18. The van der Waals surface area contributed by atoms with Crippen molar-refractivity contribution in [2.45, 2.75) is 18.9 Å². The molecule has 3 N–H and O–H groups in total. The lowest BCUT2D eigenvalue weighted by Gasteiger charge is -2.22. The van der Waals surface area contributed by atoms with Crippen molar-refractivity contribution in [3.05, 3.63) is 0 Å². The summed E-state index contributed by atoms with van der Waals surface area (Å²) in [5.41, 5.74) is 0. The first-order chi connectivity index (χ1) is 6.13. The van der Waals surface area contributed by atoms with Crippen molar-refractivity contribution in [1.82, 2.24) is 16.0 Å². The number of piperidine rings is 1. The highest BCUT2D eigenvalue weighted by molar-refractivity contribution is 7.80. The first-order valence-electron chi connectivity index (χ1n) is 3.95. The van der Waals surface area contributed by atoms with Gasteiger partial charge in [-0.3, -0.25) is 14.9 Å². The maximum atomic E-state index is 11.2. The third-order valence-electron chi connectivity index (χ3n) is 1.77. The van der Waals surface area contributed by atoms with E-state index in [9.17, 15) is 9.59 Å². The maximum absolute atomic E-state index is 11.2. The van der Waals surface area contributed by atoms with Gasteiger partial charge < -0.3 is 10.6 Å². The molecule has 0 aromatic rings. The van der Waals surface area contributed by atoms with Crippen molar-refractivity contribution in [3.63, 3.8) is 0 Å². The summed E-state index contributed by atoms with van der Waals surface area (Å²) in [5, 5.41) is 8.14. The van der Waals surface area contributed by atoms with Crippen LogP contribution in [-0.4, -0.2) is 30.0 Å². The van der Waals surface area contributed by atoms with Crippen LogP contribution in [0.2, 0.25) is 0 Å². The zero-order valence-electron chi connectivity index (χ0n) is 7.22. The van der Waals surface area contributed by atoms with E-state index < -0.39 is 6.04 Å².